The van der Waals surface area contributed by atoms with E-state index in [9.17, 15) is 4.39 Å². The highest BCUT2D eigenvalue weighted by Crippen LogP contribution is 2.27. The smallest absolute Gasteiger partial charge is 0.130 e. The third-order valence-electron chi connectivity index (χ3n) is 4.40. The van der Waals surface area contributed by atoms with Gasteiger partial charge in [0, 0.05) is 4.61 Å². The van der Waals surface area contributed by atoms with Crippen molar-refractivity contribution in [2.24, 2.45) is 0 Å². The highest BCUT2D eigenvalue weighted by molar-refractivity contribution is 7.95. The molecule has 0 aliphatic carbocycles. The van der Waals surface area contributed by atoms with Gasteiger partial charge in [0.1, 0.15) is 5.67 Å². The maximum Gasteiger partial charge on any atom is 0.130 e. The molecule has 0 bridgehead atoms. The van der Waals surface area contributed by atoms with Gasteiger partial charge in [0.2, 0.25) is 0 Å². The minimum Gasteiger partial charge on any atom is -0.239 e. The molecule has 0 N–H and O–H groups in total. The van der Waals surface area contributed by atoms with Crippen molar-refractivity contribution in [3.05, 3.63) is 82.9 Å². The predicted molar refractivity (Wildman–Crippen MR) is 120 cm³/mol. The monoisotopic (exact) mass is 384 g/mol. The predicted octanol–water partition coefficient (Wildman–Crippen LogP) is 6.94. The van der Waals surface area contributed by atoms with Gasteiger partial charge >= 0.3 is 0 Å². The SMILES string of the molecule is C/C=C\C(C)=C(/C)c1ccc(C(=S)Pc2cccc(C(C)(C)F)c2)cc1. The summed E-state index contributed by atoms with van der Waals surface area (Å²) >= 11 is 5.64. The summed E-state index contributed by atoms with van der Waals surface area (Å²) in [4.78, 5) is 0. The van der Waals surface area contributed by atoms with Crippen molar-refractivity contribution in [2.45, 2.75) is 40.3 Å². The minimum atomic E-state index is -1.33. The summed E-state index contributed by atoms with van der Waals surface area (Å²) in [6, 6.07) is 16.1. The van der Waals surface area contributed by atoms with Gasteiger partial charge in [-0.25, -0.2) is 4.39 Å². The highest BCUT2D eigenvalue weighted by Gasteiger charge is 2.18. The average Bonchev–Trinajstić information content (AvgIpc) is 2.61. The molecule has 2 aromatic carbocycles. The van der Waals surface area contributed by atoms with E-state index in [1.807, 2.05) is 31.2 Å². The number of allylic oxidation sites excluding steroid dienone is 4. The largest absolute Gasteiger partial charge is 0.239 e. The quantitative estimate of drug-likeness (QED) is 0.295. The summed E-state index contributed by atoms with van der Waals surface area (Å²) in [5.74, 6) is 0. The lowest BCUT2D eigenvalue weighted by atomic mass is 10.0. The third kappa shape index (κ3) is 5.43. The molecule has 0 aliphatic rings. The summed E-state index contributed by atoms with van der Waals surface area (Å²) in [5, 5.41) is 1.07. The van der Waals surface area contributed by atoms with E-state index >= 15 is 0 Å². The molecule has 0 radical (unpaired) electrons. The molecule has 1 unspecified atom stereocenters. The Balaban J connectivity index is 2.18. The van der Waals surface area contributed by atoms with Crippen LogP contribution in [0.3, 0.4) is 0 Å². The van der Waals surface area contributed by atoms with Crippen LogP contribution in [0.4, 0.5) is 4.39 Å². The Morgan fingerprint density at radius 3 is 2.23 bits per heavy atom. The van der Waals surface area contributed by atoms with Crippen LogP contribution < -0.4 is 5.30 Å². The number of halogens is 1. The molecule has 26 heavy (non-hydrogen) atoms. The van der Waals surface area contributed by atoms with Crippen molar-refractivity contribution in [3.63, 3.8) is 0 Å². The Labute approximate surface area is 164 Å². The van der Waals surface area contributed by atoms with E-state index in [0.29, 0.717) is 14.1 Å². The van der Waals surface area contributed by atoms with Crippen LogP contribution in [0.2, 0.25) is 0 Å². The summed E-state index contributed by atoms with van der Waals surface area (Å²) in [6.45, 7) is 9.44. The summed E-state index contributed by atoms with van der Waals surface area (Å²) in [7, 11) is 0.359. The zero-order valence-corrected chi connectivity index (χ0v) is 17.9. The molecule has 0 saturated carbocycles. The van der Waals surface area contributed by atoms with Gasteiger partial charge in [-0.05, 0) is 82.4 Å². The molecule has 1 atom stereocenters. The first kappa shape index (κ1) is 20.7. The Kier molecular flexibility index (Phi) is 7.03. The van der Waals surface area contributed by atoms with E-state index in [0.717, 1.165) is 15.5 Å². The van der Waals surface area contributed by atoms with Gasteiger partial charge in [0.25, 0.3) is 0 Å². The fraction of sp³-hybridized carbons (Fsp3) is 0.261. The van der Waals surface area contributed by atoms with Crippen LogP contribution in [0.15, 0.2) is 66.3 Å². The van der Waals surface area contributed by atoms with E-state index < -0.39 is 5.67 Å². The molecule has 0 aliphatic heterocycles. The first-order chi connectivity index (χ1) is 12.2. The van der Waals surface area contributed by atoms with Crippen molar-refractivity contribution < 1.29 is 4.39 Å². The Morgan fingerprint density at radius 1 is 1.04 bits per heavy atom. The second-order valence-electron chi connectivity index (χ2n) is 6.89. The minimum absolute atomic E-state index is 0.359. The fourth-order valence-corrected chi connectivity index (χ4v) is 4.11. The molecule has 0 saturated heterocycles. The van der Waals surface area contributed by atoms with Gasteiger partial charge in [-0.1, -0.05) is 66.8 Å². The van der Waals surface area contributed by atoms with Gasteiger partial charge < -0.3 is 0 Å². The van der Waals surface area contributed by atoms with E-state index in [1.165, 1.54) is 16.7 Å². The third-order valence-corrected chi connectivity index (χ3v) is 6.05. The van der Waals surface area contributed by atoms with Crippen LogP contribution in [0.1, 0.15) is 51.3 Å². The normalized spacial score (nSPS) is 13.5. The van der Waals surface area contributed by atoms with E-state index in [2.05, 4.69) is 50.3 Å². The van der Waals surface area contributed by atoms with Crippen LogP contribution in [-0.2, 0) is 5.67 Å². The second kappa shape index (κ2) is 8.84. The van der Waals surface area contributed by atoms with Gasteiger partial charge in [-0.15, -0.1) is 0 Å². The molecule has 3 heteroatoms. The van der Waals surface area contributed by atoms with Crippen LogP contribution >= 0.6 is 20.8 Å². The van der Waals surface area contributed by atoms with Gasteiger partial charge in [0.05, 0.1) is 0 Å². The first-order valence-electron chi connectivity index (χ1n) is 8.74. The van der Waals surface area contributed by atoms with Crippen molar-refractivity contribution in [1.82, 2.24) is 0 Å². The van der Waals surface area contributed by atoms with Gasteiger partial charge in [-0.3, -0.25) is 0 Å². The molecule has 0 spiro atoms. The number of benzene rings is 2. The van der Waals surface area contributed by atoms with Crippen molar-refractivity contribution in [1.29, 1.82) is 0 Å². The molecule has 2 aromatic rings. The van der Waals surface area contributed by atoms with Gasteiger partial charge in [-0.2, -0.15) is 0 Å². The zero-order chi connectivity index (χ0) is 19.3. The Bertz CT molecular complexity index is 839. The van der Waals surface area contributed by atoms with E-state index in [-0.39, 0.29) is 0 Å². The molecule has 0 aromatic heterocycles. The molecule has 0 nitrogen and oxygen atoms in total. The molecule has 2 rings (SSSR count). The Morgan fingerprint density at radius 2 is 1.65 bits per heavy atom. The average molecular weight is 385 g/mol. The molecular formula is C23H26FPS. The van der Waals surface area contributed by atoms with E-state index in [1.54, 1.807) is 13.8 Å². The lowest BCUT2D eigenvalue weighted by molar-refractivity contribution is 0.221. The molecule has 0 fully saturated rings. The molecule has 0 heterocycles. The van der Waals surface area contributed by atoms with E-state index in [4.69, 9.17) is 12.2 Å². The molecule has 136 valence electrons. The lowest BCUT2D eigenvalue weighted by Gasteiger charge is -2.16. The summed E-state index contributed by atoms with van der Waals surface area (Å²) in [6.07, 6.45) is 4.17. The van der Waals surface area contributed by atoms with Crippen LogP contribution in [-0.4, -0.2) is 4.61 Å². The highest BCUT2D eigenvalue weighted by atomic mass is 32.1. The maximum absolute atomic E-state index is 14.2. The lowest BCUT2D eigenvalue weighted by Crippen LogP contribution is -2.12. The first-order valence-corrected chi connectivity index (χ1v) is 10.1. The van der Waals surface area contributed by atoms with Crippen LogP contribution in [0, 0.1) is 0 Å². The summed E-state index contributed by atoms with van der Waals surface area (Å²) < 4.78 is 15.1. The topological polar surface area (TPSA) is 0 Å². The number of hydrogen-bond donors (Lipinski definition) is 0. The van der Waals surface area contributed by atoms with Crippen molar-refractivity contribution in [2.75, 3.05) is 0 Å². The maximum atomic E-state index is 14.2. The van der Waals surface area contributed by atoms with Crippen molar-refractivity contribution >= 4 is 36.3 Å². The fourth-order valence-electron chi connectivity index (χ4n) is 2.64. The van der Waals surface area contributed by atoms with Crippen LogP contribution in [0.25, 0.3) is 5.57 Å². The second-order valence-corrected chi connectivity index (χ2v) is 8.99. The number of thiocarbonyl (C=S) groups is 1. The Hall–Kier alpha value is -1.63. The summed E-state index contributed by atoms with van der Waals surface area (Å²) in [5.41, 5.74) is 4.15. The molecular weight excluding hydrogens is 358 g/mol. The van der Waals surface area contributed by atoms with Crippen molar-refractivity contribution in [3.8, 4) is 0 Å². The standard InChI is InChI=1S/C23H26FPS/c1-6-8-16(2)17(3)18-11-13-19(14-12-18)22(26)25-21-10-7-9-20(15-21)23(4,5)24/h6-15,25H,1-5H3/b8-6-,17-16+. The van der Waals surface area contributed by atoms with Crippen LogP contribution in [0.5, 0.6) is 0 Å². The number of alkyl halides is 1. The van der Waals surface area contributed by atoms with Gasteiger partial charge in [0.15, 0.2) is 0 Å². The molecule has 0 amide bonds. The number of hydrogen-bond acceptors (Lipinski definition) is 1. The number of rotatable bonds is 6. The zero-order valence-electron chi connectivity index (χ0n) is 16.1.